The number of nitrogens with zero attached hydrogens (tertiary/aromatic N) is 3. The Morgan fingerprint density at radius 3 is 1.86 bits per heavy atom. The summed E-state index contributed by atoms with van der Waals surface area (Å²) in [6, 6.07) is 1.91. The molecule has 1 aliphatic rings. The van der Waals surface area contributed by atoms with Crippen LogP contribution in [0.5, 0.6) is 0 Å². The number of pyridine rings is 1. The van der Waals surface area contributed by atoms with Crippen LogP contribution in [0.15, 0.2) is 18.6 Å². The fraction of sp³-hybridized carbons (Fsp3) is 0.774. The minimum atomic E-state index is -2.29. The molecule has 1 fully saturated rings. The molecule has 244 valence electrons. The van der Waals surface area contributed by atoms with Crippen molar-refractivity contribution in [2.24, 2.45) is 0 Å². The van der Waals surface area contributed by atoms with E-state index in [1.807, 2.05) is 10.6 Å². The molecule has 0 aromatic carbocycles. The summed E-state index contributed by atoms with van der Waals surface area (Å²) in [4.78, 5) is 21.0. The molecule has 2 aromatic heterocycles. The number of aromatic nitrogens is 3. The molecule has 1 N–H and O–H groups in total. The summed E-state index contributed by atoms with van der Waals surface area (Å²) in [5, 5.41) is 2.85. The number of fused-ring (bicyclic) bond motifs is 1. The van der Waals surface area contributed by atoms with Gasteiger partial charge in [0.05, 0.1) is 18.5 Å². The number of nitrogens with one attached hydrogen (secondary N) is 1. The molecule has 0 aliphatic carbocycles. The highest BCUT2D eigenvalue weighted by Gasteiger charge is 2.55. The average molecular weight is 651 g/mol. The lowest BCUT2D eigenvalue weighted by Crippen LogP contribution is -2.54. The van der Waals surface area contributed by atoms with Crippen molar-refractivity contribution in [2.75, 3.05) is 11.9 Å². The number of hydrogen-bond donors (Lipinski definition) is 1. The second-order valence-corrected chi connectivity index (χ2v) is 31.0. The largest absolute Gasteiger partial charge is 0.414 e. The third-order valence-electron chi connectivity index (χ3n) is 10.2. The molecule has 0 unspecified atom stereocenters. The van der Waals surface area contributed by atoms with Gasteiger partial charge in [0.2, 0.25) is 5.91 Å². The van der Waals surface area contributed by atoms with E-state index in [1.165, 1.54) is 6.92 Å². The van der Waals surface area contributed by atoms with Crippen molar-refractivity contribution in [3.8, 4) is 0 Å². The Bertz CT molecular complexity index is 1290. The summed E-state index contributed by atoms with van der Waals surface area (Å²) in [6.07, 6.45) is 1.89. The van der Waals surface area contributed by atoms with Crippen LogP contribution >= 0.6 is 0 Å². The summed E-state index contributed by atoms with van der Waals surface area (Å²) in [6.45, 7) is 35.9. The lowest BCUT2D eigenvalue weighted by Gasteiger charge is -2.44. The lowest BCUT2D eigenvalue weighted by molar-refractivity contribution is -0.114. The van der Waals surface area contributed by atoms with E-state index in [4.69, 9.17) is 18.0 Å². The number of hydrogen-bond acceptors (Lipinski definition) is 7. The maximum atomic E-state index is 11.9. The predicted molar refractivity (Wildman–Crippen MR) is 183 cm³/mol. The molecular formula is C31H58N4O5Si3. The standard InChI is InChI=1S/C31H58N4O5Si3/c1-21(36)34-27-24-22(17-18-32-27)35(20-33-24)28-26(40-43(15,16)31(8,9)10)25(39-42(13,14)30(5,6)7)23(38-28)19-37-41(11,12)29(2,3)4/h17-18,20,23,25-26,28H,19H2,1-16H3,(H,32,34,36)/t23-,25-,26-,28-/m1/s1. The van der Waals surface area contributed by atoms with Crippen molar-refractivity contribution in [3.63, 3.8) is 0 Å². The first kappa shape index (κ1) is 36.1. The number of carbonyl (C=O) groups is 1. The van der Waals surface area contributed by atoms with Crippen molar-refractivity contribution in [1.82, 2.24) is 14.5 Å². The Balaban J connectivity index is 2.18. The minimum absolute atomic E-state index is 0.00190. The summed E-state index contributed by atoms with van der Waals surface area (Å²) in [5.41, 5.74) is 1.42. The Morgan fingerprint density at radius 2 is 1.37 bits per heavy atom. The topological polar surface area (TPSA) is 96.7 Å². The molecule has 0 bridgehead atoms. The Labute approximate surface area is 263 Å². The van der Waals surface area contributed by atoms with Gasteiger partial charge in [-0.05, 0) is 60.5 Å². The van der Waals surface area contributed by atoms with Gasteiger partial charge in [-0.1, -0.05) is 62.3 Å². The number of rotatable bonds is 9. The first-order valence-electron chi connectivity index (χ1n) is 15.5. The summed E-state index contributed by atoms with van der Waals surface area (Å²) >= 11 is 0. The first-order valence-corrected chi connectivity index (χ1v) is 24.3. The van der Waals surface area contributed by atoms with Gasteiger partial charge in [0.1, 0.15) is 23.8 Å². The Hall–Kier alpha value is -1.42. The van der Waals surface area contributed by atoms with E-state index in [2.05, 4.69) is 117 Å². The predicted octanol–water partition coefficient (Wildman–Crippen LogP) is 8.09. The molecule has 1 amide bonds. The molecule has 0 radical (unpaired) electrons. The molecule has 2 aromatic rings. The highest BCUT2D eigenvalue weighted by atomic mass is 28.4. The molecule has 0 saturated carbocycles. The SMILES string of the molecule is CC(=O)Nc1nccc2c1ncn2[C@@H]1O[C@H](CO[Si](C)(C)C(C)(C)C)[C@@H](O[Si](C)(C)C(C)(C)C)[C@H]1O[Si](C)(C)C(C)(C)C. The van der Waals surface area contributed by atoms with Crippen molar-refractivity contribution < 1.29 is 22.8 Å². The summed E-state index contributed by atoms with van der Waals surface area (Å²) < 4.78 is 30.3. The minimum Gasteiger partial charge on any atom is -0.414 e. The van der Waals surface area contributed by atoms with Gasteiger partial charge in [-0.3, -0.25) is 4.79 Å². The van der Waals surface area contributed by atoms with E-state index in [0.29, 0.717) is 17.9 Å². The van der Waals surface area contributed by atoms with Crippen molar-refractivity contribution in [2.45, 2.75) is 148 Å². The van der Waals surface area contributed by atoms with Gasteiger partial charge in [-0.15, -0.1) is 0 Å². The zero-order valence-corrected chi connectivity index (χ0v) is 32.6. The van der Waals surface area contributed by atoms with Gasteiger partial charge < -0.3 is 27.9 Å². The van der Waals surface area contributed by atoms with Gasteiger partial charge in [0.25, 0.3) is 0 Å². The zero-order chi connectivity index (χ0) is 33.0. The van der Waals surface area contributed by atoms with Crippen molar-refractivity contribution in [3.05, 3.63) is 18.6 Å². The zero-order valence-electron chi connectivity index (χ0n) is 29.6. The molecule has 1 aliphatic heterocycles. The molecule has 3 rings (SSSR count). The fourth-order valence-corrected chi connectivity index (χ4v) is 7.92. The lowest BCUT2D eigenvalue weighted by atomic mass is 10.1. The third kappa shape index (κ3) is 7.70. The van der Waals surface area contributed by atoms with Crippen LogP contribution in [0.1, 0.15) is 75.5 Å². The van der Waals surface area contributed by atoms with Gasteiger partial charge in [-0.2, -0.15) is 0 Å². The van der Waals surface area contributed by atoms with E-state index in [1.54, 1.807) is 12.5 Å². The van der Waals surface area contributed by atoms with E-state index in [-0.39, 0.29) is 33.2 Å². The molecule has 0 spiro atoms. The Kier molecular flexibility index (Phi) is 10.1. The molecular weight excluding hydrogens is 593 g/mol. The molecule has 1 saturated heterocycles. The van der Waals surface area contributed by atoms with Crippen LogP contribution in [0.2, 0.25) is 54.4 Å². The number of ether oxygens (including phenoxy) is 1. The first-order chi connectivity index (χ1) is 19.3. The quantitative estimate of drug-likeness (QED) is 0.274. The van der Waals surface area contributed by atoms with Crippen LogP contribution in [0, 0.1) is 0 Å². The highest BCUT2D eigenvalue weighted by molar-refractivity contribution is 6.75. The van der Waals surface area contributed by atoms with Crippen LogP contribution in [0.3, 0.4) is 0 Å². The second-order valence-electron chi connectivity index (χ2n) is 16.7. The highest BCUT2D eigenvalue weighted by Crippen LogP contribution is 2.47. The van der Waals surface area contributed by atoms with E-state index < -0.39 is 37.3 Å². The maximum absolute atomic E-state index is 11.9. The average Bonchev–Trinajstić information content (AvgIpc) is 3.37. The van der Waals surface area contributed by atoms with Crippen molar-refractivity contribution in [1.29, 1.82) is 0 Å². The van der Waals surface area contributed by atoms with Crippen molar-refractivity contribution >= 4 is 47.7 Å². The normalized spacial score (nSPS) is 22.8. The number of carbonyl (C=O) groups excluding carboxylic acids is 1. The van der Waals surface area contributed by atoms with E-state index in [9.17, 15) is 4.79 Å². The number of imidazole rings is 1. The number of anilines is 1. The third-order valence-corrected chi connectivity index (χ3v) is 23.7. The smallest absolute Gasteiger partial charge is 0.222 e. The summed E-state index contributed by atoms with van der Waals surface area (Å²) in [7, 11) is -6.61. The monoisotopic (exact) mass is 650 g/mol. The molecule has 9 nitrogen and oxygen atoms in total. The van der Waals surface area contributed by atoms with Gasteiger partial charge in [0.15, 0.2) is 37.0 Å². The van der Waals surface area contributed by atoms with E-state index in [0.717, 1.165) is 5.52 Å². The fourth-order valence-electron chi connectivity index (χ4n) is 4.30. The van der Waals surface area contributed by atoms with Crippen LogP contribution in [-0.2, 0) is 22.8 Å². The van der Waals surface area contributed by atoms with Gasteiger partial charge in [-0.25, -0.2) is 9.97 Å². The maximum Gasteiger partial charge on any atom is 0.222 e. The number of amides is 1. The second kappa shape index (κ2) is 12.1. The van der Waals surface area contributed by atoms with Crippen LogP contribution in [0.25, 0.3) is 11.0 Å². The van der Waals surface area contributed by atoms with Gasteiger partial charge in [0, 0.05) is 13.1 Å². The Morgan fingerprint density at radius 1 is 0.860 bits per heavy atom. The van der Waals surface area contributed by atoms with Crippen LogP contribution in [0.4, 0.5) is 5.82 Å². The van der Waals surface area contributed by atoms with Gasteiger partial charge >= 0.3 is 0 Å². The molecule has 4 atom stereocenters. The molecule has 12 heteroatoms. The summed E-state index contributed by atoms with van der Waals surface area (Å²) in [5.74, 6) is 0.229. The van der Waals surface area contributed by atoms with E-state index >= 15 is 0 Å². The molecule has 3 heterocycles. The molecule has 43 heavy (non-hydrogen) atoms. The van der Waals surface area contributed by atoms with Crippen LogP contribution < -0.4 is 5.32 Å². The van der Waals surface area contributed by atoms with Crippen LogP contribution in [-0.4, -0.2) is 70.3 Å².